The van der Waals surface area contributed by atoms with Gasteiger partial charge in [-0.25, -0.2) is 0 Å². The fourth-order valence-electron chi connectivity index (χ4n) is 1.95. The molecule has 1 saturated heterocycles. The SMILES string of the molecule is CNC(C)CCN(C)CC1CCCCO1. The highest BCUT2D eigenvalue weighted by Crippen LogP contribution is 2.13. The highest BCUT2D eigenvalue weighted by atomic mass is 16.5. The van der Waals surface area contributed by atoms with E-state index >= 15 is 0 Å². The van der Waals surface area contributed by atoms with Crippen molar-refractivity contribution in [1.29, 1.82) is 0 Å². The maximum absolute atomic E-state index is 5.72. The van der Waals surface area contributed by atoms with Crippen LogP contribution in [0.2, 0.25) is 0 Å². The lowest BCUT2D eigenvalue weighted by Gasteiger charge is -2.27. The van der Waals surface area contributed by atoms with Gasteiger partial charge in [-0.3, -0.25) is 0 Å². The second-order valence-corrected chi connectivity index (χ2v) is 4.73. The summed E-state index contributed by atoms with van der Waals surface area (Å²) in [5, 5.41) is 3.27. The van der Waals surface area contributed by atoms with Crippen LogP contribution in [0.3, 0.4) is 0 Å². The number of ether oxygens (including phenoxy) is 1. The first-order valence-electron chi connectivity index (χ1n) is 6.19. The van der Waals surface area contributed by atoms with Crippen molar-refractivity contribution in [3.05, 3.63) is 0 Å². The highest BCUT2D eigenvalue weighted by molar-refractivity contribution is 4.69. The molecule has 3 heteroatoms. The number of hydrogen-bond donors (Lipinski definition) is 1. The molecular formula is C12H26N2O. The molecule has 0 aromatic rings. The first-order chi connectivity index (χ1) is 7.22. The average Bonchev–Trinajstić information content (AvgIpc) is 2.27. The van der Waals surface area contributed by atoms with Crippen LogP contribution in [0.15, 0.2) is 0 Å². The molecule has 0 radical (unpaired) electrons. The fraction of sp³-hybridized carbons (Fsp3) is 1.00. The van der Waals surface area contributed by atoms with Gasteiger partial charge in [0.15, 0.2) is 0 Å². The largest absolute Gasteiger partial charge is 0.377 e. The van der Waals surface area contributed by atoms with Crippen molar-refractivity contribution in [2.45, 2.75) is 44.8 Å². The van der Waals surface area contributed by atoms with Gasteiger partial charge in [-0.15, -0.1) is 0 Å². The summed E-state index contributed by atoms with van der Waals surface area (Å²) in [7, 11) is 4.22. The molecule has 0 bridgehead atoms. The summed E-state index contributed by atoms with van der Waals surface area (Å²) < 4.78 is 5.72. The van der Waals surface area contributed by atoms with Crippen LogP contribution in [0.4, 0.5) is 0 Å². The van der Waals surface area contributed by atoms with Gasteiger partial charge in [0, 0.05) is 19.2 Å². The van der Waals surface area contributed by atoms with E-state index in [0.29, 0.717) is 12.1 Å². The molecule has 1 heterocycles. The van der Waals surface area contributed by atoms with E-state index in [9.17, 15) is 0 Å². The second kappa shape index (κ2) is 7.20. The Kier molecular flexibility index (Phi) is 6.22. The van der Waals surface area contributed by atoms with Crippen molar-refractivity contribution >= 4 is 0 Å². The molecule has 0 spiro atoms. The molecule has 1 aliphatic rings. The quantitative estimate of drug-likeness (QED) is 0.725. The zero-order chi connectivity index (χ0) is 11.1. The van der Waals surface area contributed by atoms with Crippen LogP contribution < -0.4 is 5.32 Å². The molecular weight excluding hydrogens is 188 g/mol. The molecule has 1 fully saturated rings. The van der Waals surface area contributed by atoms with Gasteiger partial charge in [0.1, 0.15) is 0 Å². The first-order valence-corrected chi connectivity index (χ1v) is 6.19. The van der Waals surface area contributed by atoms with Crippen LogP contribution in [0.25, 0.3) is 0 Å². The molecule has 2 unspecified atom stereocenters. The smallest absolute Gasteiger partial charge is 0.0701 e. The highest BCUT2D eigenvalue weighted by Gasteiger charge is 2.15. The summed E-state index contributed by atoms with van der Waals surface area (Å²) >= 11 is 0. The zero-order valence-corrected chi connectivity index (χ0v) is 10.5. The molecule has 2 atom stereocenters. The van der Waals surface area contributed by atoms with Crippen LogP contribution in [-0.4, -0.2) is 50.8 Å². The monoisotopic (exact) mass is 214 g/mol. The van der Waals surface area contributed by atoms with E-state index in [1.807, 2.05) is 7.05 Å². The van der Waals surface area contributed by atoms with Gasteiger partial charge < -0.3 is 15.0 Å². The van der Waals surface area contributed by atoms with Gasteiger partial charge in [-0.1, -0.05) is 0 Å². The minimum Gasteiger partial charge on any atom is -0.377 e. The second-order valence-electron chi connectivity index (χ2n) is 4.73. The van der Waals surface area contributed by atoms with Crippen molar-refractivity contribution in [1.82, 2.24) is 10.2 Å². The van der Waals surface area contributed by atoms with E-state index in [1.54, 1.807) is 0 Å². The predicted molar refractivity (Wildman–Crippen MR) is 64.2 cm³/mol. The lowest BCUT2D eigenvalue weighted by Crippen LogP contribution is -2.35. The Bertz CT molecular complexity index is 158. The lowest BCUT2D eigenvalue weighted by molar-refractivity contribution is -0.00178. The van der Waals surface area contributed by atoms with E-state index in [-0.39, 0.29) is 0 Å². The van der Waals surface area contributed by atoms with Gasteiger partial charge >= 0.3 is 0 Å². The zero-order valence-electron chi connectivity index (χ0n) is 10.5. The summed E-state index contributed by atoms with van der Waals surface area (Å²) in [5.74, 6) is 0. The third kappa shape index (κ3) is 5.50. The van der Waals surface area contributed by atoms with Gasteiger partial charge in [-0.2, -0.15) is 0 Å². The molecule has 0 aromatic heterocycles. The van der Waals surface area contributed by atoms with Crippen LogP contribution in [0.5, 0.6) is 0 Å². The average molecular weight is 214 g/mol. The van der Waals surface area contributed by atoms with Crippen LogP contribution >= 0.6 is 0 Å². The normalized spacial score (nSPS) is 24.4. The Morgan fingerprint density at radius 3 is 2.87 bits per heavy atom. The molecule has 0 saturated carbocycles. The molecule has 90 valence electrons. The minimum atomic E-state index is 0.480. The van der Waals surface area contributed by atoms with Crippen molar-refractivity contribution in [3.63, 3.8) is 0 Å². The first kappa shape index (κ1) is 12.9. The molecule has 1 aliphatic heterocycles. The van der Waals surface area contributed by atoms with Crippen molar-refractivity contribution < 1.29 is 4.74 Å². The topological polar surface area (TPSA) is 24.5 Å². The Labute approximate surface area is 94.2 Å². The summed E-state index contributed by atoms with van der Waals surface area (Å²) in [6.45, 7) is 5.44. The fourth-order valence-corrected chi connectivity index (χ4v) is 1.95. The van der Waals surface area contributed by atoms with E-state index in [4.69, 9.17) is 4.74 Å². The lowest BCUT2D eigenvalue weighted by atomic mass is 10.1. The van der Waals surface area contributed by atoms with Crippen molar-refractivity contribution in [3.8, 4) is 0 Å². The molecule has 3 nitrogen and oxygen atoms in total. The predicted octanol–water partition coefficient (Wildman–Crippen LogP) is 1.49. The van der Waals surface area contributed by atoms with Crippen molar-refractivity contribution in [2.24, 2.45) is 0 Å². The Balaban J connectivity index is 2.08. The number of likely N-dealkylation sites (N-methyl/N-ethyl adjacent to an activating group) is 1. The van der Waals surface area contributed by atoms with E-state index in [1.165, 1.54) is 25.7 Å². The number of nitrogens with zero attached hydrogens (tertiary/aromatic N) is 1. The number of nitrogens with one attached hydrogen (secondary N) is 1. The Hall–Kier alpha value is -0.120. The van der Waals surface area contributed by atoms with E-state index in [2.05, 4.69) is 24.2 Å². The number of hydrogen-bond acceptors (Lipinski definition) is 3. The van der Waals surface area contributed by atoms with Crippen LogP contribution in [0, 0.1) is 0 Å². The van der Waals surface area contributed by atoms with E-state index < -0.39 is 0 Å². The van der Waals surface area contributed by atoms with Gasteiger partial charge in [0.2, 0.25) is 0 Å². The standard InChI is InChI=1S/C12H26N2O/c1-11(13-2)7-8-14(3)10-12-6-4-5-9-15-12/h11-13H,4-10H2,1-3H3. The van der Waals surface area contributed by atoms with Gasteiger partial charge in [0.05, 0.1) is 6.10 Å². The maximum Gasteiger partial charge on any atom is 0.0701 e. The van der Waals surface area contributed by atoms with Gasteiger partial charge in [-0.05, 0) is 53.2 Å². The third-order valence-electron chi connectivity index (χ3n) is 3.23. The van der Waals surface area contributed by atoms with Crippen LogP contribution in [0.1, 0.15) is 32.6 Å². The van der Waals surface area contributed by atoms with E-state index in [0.717, 1.165) is 19.7 Å². The summed E-state index contributed by atoms with van der Waals surface area (Å²) in [6, 6.07) is 0.611. The molecule has 1 N–H and O–H groups in total. The van der Waals surface area contributed by atoms with Crippen molar-refractivity contribution in [2.75, 3.05) is 33.8 Å². The number of rotatable bonds is 6. The molecule has 15 heavy (non-hydrogen) atoms. The summed E-state index contributed by atoms with van der Waals surface area (Å²) in [6.07, 6.45) is 5.52. The molecule has 1 rings (SSSR count). The van der Waals surface area contributed by atoms with Crippen LogP contribution in [-0.2, 0) is 4.74 Å². The third-order valence-corrected chi connectivity index (χ3v) is 3.23. The maximum atomic E-state index is 5.72. The minimum absolute atomic E-state index is 0.480. The van der Waals surface area contributed by atoms with Gasteiger partial charge in [0.25, 0.3) is 0 Å². The Morgan fingerprint density at radius 1 is 1.47 bits per heavy atom. The molecule has 0 aliphatic carbocycles. The molecule has 0 aromatic carbocycles. The molecule has 0 amide bonds. The summed E-state index contributed by atoms with van der Waals surface area (Å²) in [5.41, 5.74) is 0. The summed E-state index contributed by atoms with van der Waals surface area (Å²) in [4.78, 5) is 2.39. The Morgan fingerprint density at radius 2 is 2.27 bits per heavy atom.